The first kappa shape index (κ1) is 34.4. The highest BCUT2D eigenvalue weighted by molar-refractivity contribution is 7.87. The zero-order valence-electron chi connectivity index (χ0n) is 24.0. The summed E-state index contributed by atoms with van der Waals surface area (Å²) in [6.07, 6.45) is 28.7. The minimum atomic E-state index is -3.80. The molecule has 0 aliphatic rings. The summed E-state index contributed by atoms with van der Waals surface area (Å²) in [6, 6.07) is 10.1. The van der Waals surface area contributed by atoms with Gasteiger partial charge in [-0.3, -0.25) is 0 Å². The summed E-state index contributed by atoms with van der Waals surface area (Å²) in [5, 5.41) is 0. The van der Waals surface area contributed by atoms with E-state index in [-0.39, 0.29) is 17.3 Å². The summed E-state index contributed by atoms with van der Waals surface area (Å²) >= 11 is 0. The fraction of sp³-hybridized carbons (Fsp3) is 0.656. The van der Waals surface area contributed by atoms with Crippen LogP contribution in [-0.2, 0) is 16.7 Å². The van der Waals surface area contributed by atoms with Gasteiger partial charge in [-0.15, -0.1) is 0 Å². The standard InChI is InChI=1S/C32H52NO3S.ClH/c1-3-4-5-6-7-8-9-10-11-12-13-14-15-16-17-18-19-20-27-33-28-25-31(26-29-33)36-37(34,35)32-23-21-30(2)22-24-32;/h21-26,28-29H,3-20,27H2,1-2H3;1H/q+1;/p-1. The molecule has 4 nitrogen and oxygen atoms in total. The van der Waals surface area contributed by atoms with Crippen molar-refractivity contribution in [3.05, 3.63) is 54.4 Å². The van der Waals surface area contributed by atoms with E-state index >= 15 is 0 Å². The molecular weight excluding hydrogens is 514 g/mol. The number of nitrogens with zero attached hydrogens (tertiary/aromatic N) is 1. The Hall–Kier alpha value is -1.59. The summed E-state index contributed by atoms with van der Waals surface area (Å²) < 4.78 is 32.2. The van der Waals surface area contributed by atoms with Crippen LogP contribution in [0.3, 0.4) is 0 Å². The van der Waals surface area contributed by atoms with Gasteiger partial charge in [-0.1, -0.05) is 127 Å². The highest BCUT2D eigenvalue weighted by Crippen LogP contribution is 2.18. The molecule has 0 N–H and O–H groups in total. The summed E-state index contributed by atoms with van der Waals surface area (Å²) in [4.78, 5) is 0.175. The van der Waals surface area contributed by atoms with Crippen LogP contribution >= 0.6 is 0 Å². The highest BCUT2D eigenvalue weighted by atomic mass is 35.5. The van der Waals surface area contributed by atoms with Crippen molar-refractivity contribution >= 4 is 10.1 Å². The molecule has 1 aromatic carbocycles. The fourth-order valence-corrected chi connectivity index (χ4v) is 5.65. The van der Waals surface area contributed by atoms with Crippen molar-refractivity contribution in [3.8, 4) is 5.75 Å². The summed E-state index contributed by atoms with van der Waals surface area (Å²) in [7, 11) is -3.80. The monoisotopic (exact) mass is 565 g/mol. The second kappa shape index (κ2) is 21.3. The summed E-state index contributed by atoms with van der Waals surface area (Å²) in [5.74, 6) is 0.342. The Morgan fingerprint density at radius 2 is 1.00 bits per heavy atom. The molecule has 0 fully saturated rings. The van der Waals surface area contributed by atoms with Gasteiger partial charge >= 0.3 is 10.1 Å². The molecule has 0 unspecified atom stereocenters. The molecule has 0 saturated heterocycles. The van der Waals surface area contributed by atoms with Crippen molar-refractivity contribution in [2.75, 3.05) is 0 Å². The number of aromatic nitrogens is 1. The lowest BCUT2D eigenvalue weighted by Crippen LogP contribution is -3.00. The lowest BCUT2D eigenvalue weighted by Gasteiger charge is -2.07. The first-order valence-corrected chi connectivity index (χ1v) is 16.4. The van der Waals surface area contributed by atoms with Crippen LogP contribution < -0.4 is 21.2 Å². The topological polar surface area (TPSA) is 47.2 Å². The molecule has 0 aliphatic carbocycles. The number of aryl methyl sites for hydroxylation is 2. The molecule has 1 heterocycles. The molecular formula is C32H52ClNO3S. The van der Waals surface area contributed by atoms with Crippen LogP contribution in [0.25, 0.3) is 0 Å². The van der Waals surface area contributed by atoms with E-state index < -0.39 is 10.1 Å². The second-order valence-electron chi connectivity index (χ2n) is 10.6. The number of pyridine rings is 1. The maximum Gasteiger partial charge on any atom is 0.339 e. The third-order valence-corrected chi connectivity index (χ3v) is 8.41. The highest BCUT2D eigenvalue weighted by Gasteiger charge is 2.17. The SMILES string of the molecule is CCCCCCCCCCCCCCCCCCCC[n+]1ccc(OS(=O)(=O)c2ccc(C)cc2)cc1.[Cl-]. The van der Waals surface area contributed by atoms with Crippen molar-refractivity contribution in [1.29, 1.82) is 0 Å². The van der Waals surface area contributed by atoms with E-state index in [1.807, 2.05) is 19.3 Å². The zero-order valence-corrected chi connectivity index (χ0v) is 25.6. The first-order valence-electron chi connectivity index (χ1n) is 15.0. The minimum Gasteiger partial charge on any atom is -1.00 e. The van der Waals surface area contributed by atoms with E-state index in [2.05, 4.69) is 11.5 Å². The maximum absolute atomic E-state index is 12.4. The molecule has 0 amide bonds. The van der Waals surface area contributed by atoms with E-state index in [1.165, 1.54) is 109 Å². The van der Waals surface area contributed by atoms with E-state index in [1.54, 1.807) is 36.4 Å². The quantitative estimate of drug-likeness (QED) is 0.0985. The van der Waals surface area contributed by atoms with Crippen LogP contribution in [0.4, 0.5) is 0 Å². The third kappa shape index (κ3) is 15.7. The average molecular weight is 566 g/mol. The Morgan fingerprint density at radius 3 is 1.42 bits per heavy atom. The number of rotatable bonds is 22. The summed E-state index contributed by atoms with van der Waals surface area (Å²) in [6.45, 7) is 5.16. The Morgan fingerprint density at radius 1 is 0.605 bits per heavy atom. The minimum absolute atomic E-state index is 0. The summed E-state index contributed by atoms with van der Waals surface area (Å²) in [5.41, 5.74) is 1.01. The van der Waals surface area contributed by atoms with Gasteiger partial charge in [0.25, 0.3) is 0 Å². The van der Waals surface area contributed by atoms with Gasteiger partial charge in [0.1, 0.15) is 11.4 Å². The Bertz CT molecular complexity index is 930. The molecule has 6 heteroatoms. The molecule has 38 heavy (non-hydrogen) atoms. The first-order chi connectivity index (χ1) is 18.0. The van der Waals surface area contributed by atoms with E-state index in [4.69, 9.17) is 4.18 Å². The van der Waals surface area contributed by atoms with Crippen LogP contribution in [0.2, 0.25) is 0 Å². The van der Waals surface area contributed by atoms with Crippen molar-refractivity contribution < 1.29 is 29.6 Å². The van der Waals surface area contributed by atoms with Gasteiger partial charge in [-0.2, -0.15) is 8.42 Å². The van der Waals surface area contributed by atoms with Crippen LogP contribution in [0.1, 0.15) is 128 Å². The van der Waals surface area contributed by atoms with E-state index in [0.717, 1.165) is 18.5 Å². The average Bonchev–Trinajstić information content (AvgIpc) is 2.89. The number of hydrogen-bond donors (Lipinski definition) is 0. The molecule has 216 valence electrons. The van der Waals surface area contributed by atoms with Crippen LogP contribution in [0.15, 0.2) is 53.7 Å². The van der Waals surface area contributed by atoms with Gasteiger partial charge in [0.05, 0.1) is 0 Å². The lowest BCUT2D eigenvalue weighted by atomic mass is 10.0. The van der Waals surface area contributed by atoms with Crippen molar-refractivity contribution in [3.63, 3.8) is 0 Å². The number of hydrogen-bond acceptors (Lipinski definition) is 3. The smallest absolute Gasteiger partial charge is 0.339 e. The molecule has 0 spiro atoms. The zero-order chi connectivity index (χ0) is 26.6. The van der Waals surface area contributed by atoms with Crippen LogP contribution in [0.5, 0.6) is 5.75 Å². The van der Waals surface area contributed by atoms with Crippen molar-refractivity contribution in [1.82, 2.24) is 0 Å². The lowest BCUT2D eigenvalue weighted by molar-refractivity contribution is -0.697. The van der Waals surface area contributed by atoms with Crippen molar-refractivity contribution in [2.45, 2.75) is 141 Å². The Kier molecular flexibility index (Phi) is 19.3. The normalized spacial score (nSPS) is 11.3. The van der Waals surface area contributed by atoms with Crippen LogP contribution in [-0.4, -0.2) is 8.42 Å². The van der Waals surface area contributed by atoms with Gasteiger partial charge < -0.3 is 16.6 Å². The molecule has 2 rings (SSSR count). The Labute approximate surface area is 240 Å². The third-order valence-electron chi connectivity index (χ3n) is 7.15. The van der Waals surface area contributed by atoms with E-state index in [0.29, 0.717) is 5.75 Å². The molecule has 2 aromatic rings. The molecule has 0 radical (unpaired) electrons. The molecule has 0 bridgehead atoms. The predicted octanol–water partition coefficient (Wildman–Crippen LogP) is 6.10. The fourth-order valence-electron chi connectivity index (χ4n) is 4.72. The second-order valence-corrected chi connectivity index (χ2v) is 12.2. The Balaban J connectivity index is 0.00000722. The number of benzene rings is 1. The predicted molar refractivity (Wildman–Crippen MR) is 154 cm³/mol. The molecule has 1 aromatic heterocycles. The van der Waals surface area contributed by atoms with Gasteiger partial charge in [0, 0.05) is 18.6 Å². The molecule has 0 aliphatic heterocycles. The van der Waals surface area contributed by atoms with Gasteiger partial charge in [-0.25, -0.2) is 4.57 Å². The van der Waals surface area contributed by atoms with Crippen LogP contribution in [0, 0.1) is 6.92 Å². The number of unbranched alkanes of at least 4 members (excludes halogenated alkanes) is 17. The molecule has 0 saturated carbocycles. The molecule has 0 atom stereocenters. The van der Waals surface area contributed by atoms with Gasteiger partial charge in [0.2, 0.25) is 0 Å². The van der Waals surface area contributed by atoms with Crippen molar-refractivity contribution in [2.24, 2.45) is 0 Å². The van der Waals surface area contributed by atoms with E-state index in [9.17, 15) is 8.42 Å². The number of halogens is 1. The largest absolute Gasteiger partial charge is 1.00 e. The van der Waals surface area contributed by atoms with Gasteiger partial charge in [-0.05, 0) is 25.5 Å². The van der Waals surface area contributed by atoms with Gasteiger partial charge in [0.15, 0.2) is 18.1 Å². The maximum atomic E-state index is 12.4.